The largest absolute Gasteiger partial charge is 0.465 e. The summed E-state index contributed by atoms with van der Waals surface area (Å²) in [5, 5.41) is 0. The zero-order chi connectivity index (χ0) is 11.3. The van der Waals surface area contributed by atoms with Gasteiger partial charge >= 0.3 is 5.97 Å². The second-order valence-corrected chi connectivity index (χ2v) is 3.48. The number of carbonyl (C=O) groups is 1. The van der Waals surface area contributed by atoms with Gasteiger partial charge in [-0.1, -0.05) is 19.1 Å². The van der Waals surface area contributed by atoms with Gasteiger partial charge in [-0.2, -0.15) is 0 Å². The highest BCUT2D eigenvalue weighted by Gasteiger charge is 2.06. The Bertz CT molecular complexity index is 347. The molecule has 15 heavy (non-hydrogen) atoms. The van der Waals surface area contributed by atoms with Gasteiger partial charge in [0.1, 0.15) is 5.82 Å². The zero-order valence-corrected chi connectivity index (χ0v) is 9.05. The van der Waals surface area contributed by atoms with Crippen molar-refractivity contribution in [2.24, 2.45) is 0 Å². The molecular weight excluding hydrogens is 195 g/mol. The number of rotatable bonds is 4. The number of hydrogen-bond donors (Lipinski definition) is 0. The third-order valence-corrected chi connectivity index (χ3v) is 2.05. The summed E-state index contributed by atoms with van der Waals surface area (Å²) in [4.78, 5) is 11.2. The fourth-order valence-corrected chi connectivity index (χ4v) is 1.18. The Kier molecular flexibility index (Phi) is 4.28. The molecule has 0 aliphatic rings. The van der Waals surface area contributed by atoms with Crippen LogP contribution in [0.3, 0.4) is 0 Å². The van der Waals surface area contributed by atoms with E-state index in [2.05, 4.69) is 0 Å². The van der Waals surface area contributed by atoms with Crippen molar-refractivity contribution >= 4 is 5.97 Å². The van der Waals surface area contributed by atoms with Crippen molar-refractivity contribution in [3.63, 3.8) is 0 Å². The van der Waals surface area contributed by atoms with Gasteiger partial charge in [0.15, 0.2) is 0 Å². The highest BCUT2D eigenvalue weighted by atomic mass is 19.1. The van der Waals surface area contributed by atoms with E-state index < -0.39 is 0 Å². The molecule has 0 unspecified atom stereocenters. The Balaban J connectivity index is 2.57. The minimum Gasteiger partial charge on any atom is -0.465 e. The topological polar surface area (TPSA) is 26.3 Å². The highest BCUT2D eigenvalue weighted by Crippen LogP contribution is 2.10. The van der Waals surface area contributed by atoms with E-state index in [1.165, 1.54) is 6.07 Å². The molecule has 0 amide bonds. The number of esters is 1. The van der Waals surface area contributed by atoms with Crippen LogP contribution < -0.4 is 0 Å². The van der Waals surface area contributed by atoms with Crippen molar-refractivity contribution in [1.29, 1.82) is 0 Å². The van der Waals surface area contributed by atoms with Crippen LogP contribution in [-0.4, -0.2) is 12.6 Å². The predicted octanol–water partition coefficient (Wildman–Crippen LogP) is 2.63. The summed E-state index contributed by atoms with van der Waals surface area (Å²) in [6.45, 7) is 4.04. The lowest BCUT2D eigenvalue weighted by Gasteiger charge is -2.04. The van der Waals surface area contributed by atoms with Gasteiger partial charge in [0, 0.05) is 0 Å². The lowest BCUT2D eigenvalue weighted by Crippen LogP contribution is -2.08. The lowest BCUT2D eigenvalue weighted by atomic mass is 10.1. The van der Waals surface area contributed by atoms with Crippen LogP contribution >= 0.6 is 0 Å². The molecule has 2 nitrogen and oxygen atoms in total. The summed E-state index contributed by atoms with van der Waals surface area (Å²) in [5.74, 6) is -0.587. The molecular formula is C12H15FO2. The molecule has 1 aromatic rings. The van der Waals surface area contributed by atoms with E-state index in [1.807, 2.05) is 6.92 Å². The number of ether oxygens (including phenoxy) is 1. The van der Waals surface area contributed by atoms with Gasteiger partial charge in [-0.25, -0.2) is 4.39 Å². The van der Waals surface area contributed by atoms with Crippen molar-refractivity contribution in [2.45, 2.75) is 26.7 Å². The van der Waals surface area contributed by atoms with Crippen LogP contribution in [0.1, 0.15) is 24.5 Å². The van der Waals surface area contributed by atoms with E-state index in [-0.39, 0.29) is 18.2 Å². The molecule has 3 heteroatoms. The first kappa shape index (κ1) is 11.7. The van der Waals surface area contributed by atoms with Crippen molar-refractivity contribution in [3.8, 4) is 0 Å². The van der Waals surface area contributed by atoms with Crippen LogP contribution in [0.2, 0.25) is 0 Å². The normalized spacial score (nSPS) is 10.1. The van der Waals surface area contributed by atoms with Gasteiger partial charge in [0.25, 0.3) is 0 Å². The average molecular weight is 210 g/mol. The number of aryl methyl sites for hydroxylation is 1. The smallest absolute Gasteiger partial charge is 0.310 e. The Morgan fingerprint density at radius 3 is 2.80 bits per heavy atom. The van der Waals surface area contributed by atoms with Gasteiger partial charge in [-0.3, -0.25) is 4.79 Å². The molecule has 82 valence electrons. The van der Waals surface area contributed by atoms with Crippen LogP contribution in [0, 0.1) is 12.7 Å². The van der Waals surface area contributed by atoms with E-state index in [9.17, 15) is 9.18 Å². The van der Waals surface area contributed by atoms with Crippen LogP contribution in [-0.2, 0) is 16.0 Å². The van der Waals surface area contributed by atoms with E-state index in [0.717, 1.165) is 6.42 Å². The molecule has 0 fully saturated rings. The zero-order valence-electron chi connectivity index (χ0n) is 9.05. The third kappa shape index (κ3) is 3.70. The van der Waals surface area contributed by atoms with Crippen molar-refractivity contribution in [1.82, 2.24) is 0 Å². The molecule has 0 spiro atoms. The number of carbonyl (C=O) groups excluding carboxylic acids is 1. The van der Waals surface area contributed by atoms with Gasteiger partial charge in [-0.05, 0) is 30.5 Å². The first-order valence-corrected chi connectivity index (χ1v) is 5.04. The fraction of sp³-hybridized carbons (Fsp3) is 0.417. The molecule has 0 bridgehead atoms. The molecule has 0 atom stereocenters. The number of hydrogen-bond acceptors (Lipinski definition) is 2. The SMILES string of the molecule is CCCOC(=O)Cc1ccc(C)c(F)c1. The monoisotopic (exact) mass is 210 g/mol. The summed E-state index contributed by atoms with van der Waals surface area (Å²) in [5.41, 5.74) is 1.24. The minimum atomic E-state index is -0.305. The molecule has 0 heterocycles. The maximum atomic E-state index is 13.1. The van der Waals surface area contributed by atoms with Crippen LogP contribution in [0.4, 0.5) is 4.39 Å². The van der Waals surface area contributed by atoms with E-state index >= 15 is 0 Å². The van der Waals surface area contributed by atoms with Gasteiger partial charge < -0.3 is 4.74 Å². The number of halogens is 1. The molecule has 1 aromatic carbocycles. The summed E-state index contributed by atoms with van der Waals surface area (Å²) in [6.07, 6.45) is 0.936. The average Bonchev–Trinajstić information content (AvgIpc) is 2.20. The molecule has 0 aliphatic carbocycles. The maximum absolute atomic E-state index is 13.1. The predicted molar refractivity (Wildman–Crippen MR) is 56.1 cm³/mol. The molecule has 1 rings (SSSR count). The van der Waals surface area contributed by atoms with E-state index in [0.29, 0.717) is 17.7 Å². The molecule has 0 aliphatic heterocycles. The second kappa shape index (κ2) is 5.49. The Morgan fingerprint density at radius 2 is 2.20 bits per heavy atom. The Labute approximate surface area is 89.1 Å². The van der Waals surface area contributed by atoms with Gasteiger partial charge in [0.05, 0.1) is 13.0 Å². The van der Waals surface area contributed by atoms with E-state index in [4.69, 9.17) is 4.74 Å². The highest BCUT2D eigenvalue weighted by molar-refractivity contribution is 5.72. The van der Waals surface area contributed by atoms with Gasteiger partial charge in [-0.15, -0.1) is 0 Å². The fourth-order valence-electron chi connectivity index (χ4n) is 1.18. The Morgan fingerprint density at radius 1 is 1.47 bits per heavy atom. The van der Waals surface area contributed by atoms with Gasteiger partial charge in [0.2, 0.25) is 0 Å². The second-order valence-electron chi connectivity index (χ2n) is 3.48. The van der Waals surface area contributed by atoms with Crippen molar-refractivity contribution < 1.29 is 13.9 Å². The van der Waals surface area contributed by atoms with E-state index in [1.54, 1.807) is 19.1 Å². The summed E-state index contributed by atoms with van der Waals surface area (Å²) in [7, 11) is 0. The molecule has 0 aromatic heterocycles. The lowest BCUT2D eigenvalue weighted by molar-refractivity contribution is -0.142. The summed E-state index contributed by atoms with van der Waals surface area (Å²) < 4.78 is 18.0. The third-order valence-electron chi connectivity index (χ3n) is 2.05. The molecule has 0 saturated carbocycles. The van der Waals surface area contributed by atoms with Crippen molar-refractivity contribution in [2.75, 3.05) is 6.61 Å². The first-order chi connectivity index (χ1) is 7.13. The minimum absolute atomic E-state index is 0.136. The summed E-state index contributed by atoms with van der Waals surface area (Å²) in [6, 6.07) is 4.78. The van der Waals surface area contributed by atoms with Crippen molar-refractivity contribution in [3.05, 3.63) is 35.1 Å². The van der Waals surface area contributed by atoms with Crippen LogP contribution in [0.15, 0.2) is 18.2 Å². The molecule has 0 N–H and O–H groups in total. The Hall–Kier alpha value is -1.38. The van der Waals surface area contributed by atoms with Crippen LogP contribution in [0.5, 0.6) is 0 Å². The standard InChI is InChI=1S/C12H15FO2/c1-3-6-15-12(14)8-10-5-4-9(2)11(13)7-10/h4-5,7H,3,6,8H2,1-2H3. The van der Waals surface area contributed by atoms with Crippen LogP contribution in [0.25, 0.3) is 0 Å². The molecule has 0 saturated heterocycles. The maximum Gasteiger partial charge on any atom is 0.310 e. The first-order valence-electron chi connectivity index (χ1n) is 5.04. The molecule has 0 radical (unpaired) electrons. The quantitative estimate of drug-likeness (QED) is 0.714. The summed E-state index contributed by atoms with van der Waals surface area (Å²) >= 11 is 0. The number of benzene rings is 1.